The zero-order valence-corrected chi connectivity index (χ0v) is 13.7. The van der Waals surface area contributed by atoms with Crippen LogP contribution in [-0.2, 0) is 21.7 Å². The van der Waals surface area contributed by atoms with E-state index in [0.717, 1.165) is 4.57 Å². The molecule has 1 aliphatic heterocycles. The van der Waals surface area contributed by atoms with Gasteiger partial charge >= 0.3 is 11.9 Å². The van der Waals surface area contributed by atoms with E-state index in [4.69, 9.17) is 0 Å². The summed E-state index contributed by atoms with van der Waals surface area (Å²) < 4.78 is 42.3. The molecule has 1 aliphatic rings. The third-order valence-corrected chi connectivity index (χ3v) is 3.77. The monoisotopic (exact) mass is 362 g/mol. The molecule has 0 bridgehead atoms. The van der Waals surface area contributed by atoms with Crippen molar-refractivity contribution in [3.05, 3.63) is 26.4 Å². The largest absolute Gasteiger partial charge is 0.425 e. The summed E-state index contributed by atoms with van der Waals surface area (Å²) in [5, 5.41) is 3.57. The summed E-state index contributed by atoms with van der Waals surface area (Å²) in [7, 11) is 0. The van der Waals surface area contributed by atoms with Crippen LogP contribution in [-0.4, -0.2) is 27.5 Å². The fourth-order valence-corrected chi connectivity index (χ4v) is 2.66. The van der Waals surface area contributed by atoms with Gasteiger partial charge in [0, 0.05) is 13.0 Å². The van der Waals surface area contributed by atoms with E-state index in [0.29, 0.717) is 0 Å². The first-order chi connectivity index (χ1) is 11.5. The Morgan fingerprint density at radius 2 is 1.88 bits per heavy atom. The number of nitrogens with zero attached hydrogens (tertiary/aromatic N) is 1. The van der Waals surface area contributed by atoms with Crippen LogP contribution in [0.4, 0.5) is 19.0 Å². The minimum atomic E-state index is -5.29. The lowest BCUT2D eigenvalue weighted by Gasteiger charge is -2.29. The summed E-state index contributed by atoms with van der Waals surface area (Å²) in [6.45, 7) is 4.68. The number of carbonyl (C=O) groups excluding carboxylic acids is 2. The molecule has 0 aliphatic carbocycles. The quantitative estimate of drug-likeness (QED) is 0.721. The number of amides is 2. The van der Waals surface area contributed by atoms with Crippen LogP contribution in [0.3, 0.4) is 0 Å². The maximum absolute atomic E-state index is 13.8. The maximum Gasteiger partial charge on any atom is 0.425 e. The molecule has 0 aromatic carbocycles. The minimum absolute atomic E-state index is 0.0338. The Morgan fingerprint density at radius 1 is 1.28 bits per heavy atom. The van der Waals surface area contributed by atoms with Crippen LogP contribution < -0.4 is 21.9 Å². The van der Waals surface area contributed by atoms with Gasteiger partial charge in [0.1, 0.15) is 11.4 Å². The molecule has 0 saturated heterocycles. The Kier molecular flexibility index (Phi) is 4.53. The van der Waals surface area contributed by atoms with Crippen LogP contribution >= 0.6 is 0 Å². The van der Waals surface area contributed by atoms with E-state index < -0.39 is 46.2 Å². The molecule has 0 unspecified atom stereocenters. The molecule has 25 heavy (non-hydrogen) atoms. The smallest absolute Gasteiger partial charge is 0.330 e. The number of nitrogens with one attached hydrogen (secondary N) is 3. The topological polar surface area (TPSA) is 113 Å². The number of halogens is 3. The van der Waals surface area contributed by atoms with E-state index in [9.17, 15) is 32.3 Å². The highest BCUT2D eigenvalue weighted by Gasteiger charge is 2.68. The molecule has 0 saturated carbocycles. The van der Waals surface area contributed by atoms with Gasteiger partial charge in [0.2, 0.25) is 11.4 Å². The highest BCUT2D eigenvalue weighted by atomic mass is 19.4. The number of rotatable bonds is 4. The van der Waals surface area contributed by atoms with Crippen molar-refractivity contribution in [1.29, 1.82) is 0 Å². The Bertz CT molecular complexity index is 840. The second-order valence-corrected chi connectivity index (χ2v) is 6.09. The molecule has 0 spiro atoms. The van der Waals surface area contributed by atoms with Gasteiger partial charge in [-0.3, -0.25) is 23.9 Å². The molecule has 1 aromatic rings. The van der Waals surface area contributed by atoms with Crippen molar-refractivity contribution < 1.29 is 22.8 Å². The average molecular weight is 362 g/mol. The van der Waals surface area contributed by atoms with Crippen LogP contribution in [0.15, 0.2) is 9.59 Å². The van der Waals surface area contributed by atoms with Gasteiger partial charge in [-0.05, 0) is 5.92 Å². The molecule has 2 amide bonds. The van der Waals surface area contributed by atoms with Crippen molar-refractivity contribution in [2.24, 2.45) is 5.92 Å². The average Bonchev–Trinajstić information content (AvgIpc) is 2.77. The Morgan fingerprint density at radius 3 is 2.36 bits per heavy atom. The number of alkyl halides is 3. The van der Waals surface area contributed by atoms with E-state index in [1.54, 1.807) is 24.1 Å². The van der Waals surface area contributed by atoms with Crippen molar-refractivity contribution in [1.82, 2.24) is 14.9 Å². The lowest BCUT2D eigenvalue weighted by atomic mass is 9.91. The van der Waals surface area contributed by atoms with Gasteiger partial charge in [-0.1, -0.05) is 20.8 Å². The zero-order valence-electron chi connectivity index (χ0n) is 13.7. The Labute approximate surface area is 139 Å². The first kappa shape index (κ1) is 18.7. The van der Waals surface area contributed by atoms with Gasteiger partial charge in [0.05, 0.1) is 0 Å². The number of fused-ring (bicyclic) bond motifs is 1. The van der Waals surface area contributed by atoms with Gasteiger partial charge < -0.3 is 10.6 Å². The highest BCUT2D eigenvalue weighted by molar-refractivity contribution is 6.07. The summed E-state index contributed by atoms with van der Waals surface area (Å²) in [6.07, 6.45) is -5.62. The first-order valence-electron chi connectivity index (χ1n) is 7.52. The fourth-order valence-electron chi connectivity index (χ4n) is 2.66. The molecule has 1 aromatic heterocycles. The zero-order chi connectivity index (χ0) is 19.2. The second-order valence-electron chi connectivity index (χ2n) is 6.09. The fraction of sp³-hybridized carbons (Fsp3) is 0.571. The number of hydrogen-bond donors (Lipinski definition) is 3. The van der Waals surface area contributed by atoms with Gasteiger partial charge in [-0.15, -0.1) is 0 Å². The van der Waals surface area contributed by atoms with Crippen molar-refractivity contribution in [2.45, 2.75) is 45.5 Å². The number of anilines is 1. The number of carbonyl (C=O) groups is 2. The van der Waals surface area contributed by atoms with Gasteiger partial charge in [-0.2, -0.15) is 13.2 Å². The second kappa shape index (κ2) is 6.05. The van der Waals surface area contributed by atoms with Crippen LogP contribution in [0.1, 0.15) is 32.8 Å². The third-order valence-electron chi connectivity index (χ3n) is 3.77. The van der Waals surface area contributed by atoms with Crippen molar-refractivity contribution in [3.63, 3.8) is 0 Å². The van der Waals surface area contributed by atoms with Crippen LogP contribution in [0, 0.1) is 5.92 Å². The minimum Gasteiger partial charge on any atom is -0.330 e. The Hall–Kier alpha value is -2.59. The SMILES string of the molecule is CCC(=O)N[C@@]1(C(F)(F)F)C(=O)Nc2c1c(=O)[nH]c(=O)n2CC(C)C. The molecule has 2 heterocycles. The van der Waals surface area contributed by atoms with Crippen LogP contribution in [0.2, 0.25) is 0 Å². The lowest BCUT2D eigenvalue weighted by molar-refractivity contribution is -0.200. The molecule has 11 heteroatoms. The maximum atomic E-state index is 13.8. The summed E-state index contributed by atoms with van der Waals surface area (Å²) >= 11 is 0. The first-order valence-corrected chi connectivity index (χ1v) is 7.52. The summed E-state index contributed by atoms with van der Waals surface area (Å²) in [4.78, 5) is 49.8. The van der Waals surface area contributed by atoms with E-state index >= 15 is 0 Å². The molecule has 3 N–H and O–H groups in total. The molecule has 1 atom stereocenters. The number of aromatic amines is 1. The number of aromatic nitrogens is 2. The summed E-state index contributed by atoms with van der Waals surface area (Å²) in [5.74, 6) is -3.41. The Balaban J connectivity index is 2.85. The standard InChI is InChI=1S/C14H17F3N4O4/c1-4-7(22)20-13(14(15,16)17)8-9(18-11(13)24)21(5-6(2)3)12(25)19-10(8)23/h6H,4-5H2,1-3H3,(H,18,24)(H,20,22)(H,19,23,25)/t13-/m1/s1. The highest BCUT2D eigenvalue weighted by Crippen LogP contribution is 2.44. The van der Waals surface area contributed by atoms with Crippen LogP contribution in [0.5, 0.6) is 0 Å². The summed E-state index contributed by atoms with van der Waals surface area (Å²) in [6, 6.07) is 0. The molecular formula is C14H17F3N4O4. The van der Waals surface area contributed by atoms with Gasteiger partial charge in [0.15, 0.2) is 0 Å². The number of hydrogen-bond acceptors (Lipinski definition) is 4. The predicted octanol–water partition coefficient (Wildman–Crippen LogP) is 0.428. The van der Waals surface area contributed by atoms with E-state index in [1.165, 1.54) is 6.92 Å². The van der Waals surface area contributed by atoms with E-state index in [-0.39, 0.29) is 18.9 Å². The van der Waals surface area contributed by atoms with Gasteiger partial charge in [-0.25, -0.2) is 4.79 Å². The number of H-pyrrole nitrogens is 1. The van der Waals surface area contributed by atoms with E-state index in [1.807, 2.05) is 5.32 Å². The third kappa shape index (κ3) is 2.83. The molecule has 8 nitrogen and oxygen atoms in total. The molecular weight excluding hydrogens is 345 g/mol. The van der Waals surface area contributed by atoms with Crippen molar-refractivity contribution in [3.8, 4) is 0 Å². The normalized spacial score (nSPS) is 19.7. The van der Waals surface area contributed by atoms with Crippen molar-refractivity contribution in [2.75, 3.05) is 5.32 Å². The molecule has 0 fully saturated rings. The van der Waals surface area contributed by atoms with Crippen molar-refractivity contribution >= 4 is 17.6 Å². The van der Waals surface area contributed by atoms with Gasteiger partial charge in [0.25, 0.3) is 11.5 Å². The lowest BCUT2D eigenvalue weighted by Crippen LogP contribution is -2.62. The molecule has 2 rings (SSSR count). The van der Waals surface area contributed by atoms with E-state index in [2.05, 4.69) is 0 Å². The molecule has 0 radical (unpaired) electrons. The molecule has 138 valence electrons. The summed E-state index contributed by atoms with van der Waals surface area (Å²) in [5.41, 5.74) is -6.91. The van der Waals surface area contributed by atoms with Crippen LogP contribution in [0.25, 0.3) is 0 Å². The predicted molar refractivity (Wildman–Crippen MR) is 81.0 cm³/mol.